The van der Waals surface area contributed by atoms with Gasteiger partial charge in [0.05, 0.1) is 23.5 Å². The van der Waals surface area contributed by atoms with E-state index in [1.807, 2.05) is 19.1 Å². The molecule has 0 aromatic carbocycles. The second kappa shape index (κ2) is 9.57. The van der Waals surface area contributed by atoms with E-state index in [1.54, 1.807) is 17.6 Å². The van der Waals surface area contributed by atoms with Crippen LogP contribution in [0.5, 0.6) is 0 Å². The molecule has 5 nitrogen and oxygen atoms in total. The number of aliphatic imine (C=N–C) groups is 1. The fraction of sp³-hybridized carbons (Fsp3) is 0.500. The van der Waals surface area contributed by atoms with Gasteiger partial charge in [0, 0.05) is 36.7 Å². The molecule has 0 spiro atoms. The maximum atomic E-state index is 5.36. The SMILES string of the molecule is C=C(C)CN=C(NCCc1csc(C(C)(C)C)n1)NCCc1ccco1. The normalized spacial score (nSPS) is 12.2. The minimum atomic E-state index is 0.109. The molecule has 0 amide bonds. The van der Waals surface area contributed by atoms with E-state index >= 15 is 0 Å². The van der Waals surface area contributed by atoms with Crippen LogP contribution in [-0.4, -0.2) is 30.6 Å². The van der Waals surface area contributed by atoms with Gasteiger partial charge in [0.15, 0.2) is 5.96 Å². The molecule has 26 heavy (non-hydrogen) atoms. The van der Waals surface area contributed by atoms with Crippen LogP contribution < -0.4 is 10.6 Å². The van der Waals surface area contributed by atoms with Gasteiger partial charge in [0.2, 0.25) is 0 Å². The van der Waals surface area contributed by atoms with E-state index in [1.165, 1.54) is 5.01 Å². The van der Waals surface area contributed by atoms with Crippen LogP contribution in [0.3, 0.4) is 0 Å². The number of rotatable bonds is 8. The first-order valence-corrected chi connectivity index (χ1v) is 9.86. The van der Waals surface area contributed by atoms with Gasteiger partial charge < -0.3 is 15.1 Å². The molecule has 0 bridgehead atoms. The Morgan fingerprint density at radius 2 is 2.00 bits per heavy atom. The van der Waals surface area contributed by atoms with E-state index in [9.17, 15) is 0 Å². The summed E-state index contributed by atoms with van der Waals surface area (Å²) in [6, 6.07) is 3.89. The Labute approximate surface area is 160 Å². The van der Waals surface area contributed by atoms with Gasteiger partial charge >= 0.3 is 0 Å². The van der Waals surface area contributed by atoms with E-state index in [0.717, 1.165) is 48.9 Å². The fourth-order valence-corrected chi connectivity index (χ4v) is 3.16. The molecule has 2 aromatic heterocycles. The van der Waals surface area contributed by atoms with Crippen molar-refractivity contribution in [3.63, 3.8) is 0 Å². The highest BCUT2D eigenvalue weighted by Crippen LogP contribution is 2.25. The van der Waals surface area contributed by atoms with Crippen molar-refractivity contribution < 1.29 is 4.42 Å². The molecule has 0 fully saturated rings. The first-order valence-electron chi connectivity index (χ1n) is 8.98. The third-order valence-corrected chi connectivity index (χ3v) is 4.93. The summed E-state index contributed by atoms with van der Waals surface area (Å²) in [5.41, 5.74) is 2.27. The van der Waals surface area contributed by atoms with Gasteiger partial charge in [-0.15, -0.1) is 11.3 Å². The van der Waals surface area contributed by atoms with E-state index in [0.29, 0.717) is 6.54 Å². The van der Waals surface area contributed by atoms with Crippen molar-refractivity contribution in [3.05, 3.63) is 52.4 Å². The second-order valence-corrected chi connectivity index (χ2v) is 8.31. The summed E-state index contributed by atoms with van der Waals surface area (Å²) in [6.07, 6.45) is 3.39. The van der Waals surface area contributed by atoms with Gasteiger partial charge in [-0.05, 0) is 19.1 Å². The van der Waals surface area contributed by atoms with Gasteiger partial charge in [-0.25, -0.2) is 9.98 Å². The molecule has 0 aliphatic carbocycles. The van der Waals surface area contributed by atoms with Gasteiger partial charge in [0.1, 0.15) is 5.76 Å². The zero-order valence-electron chi connectivity index (χ0n) is 16.3. The summed E-state index contributed by atoms with van der Waals surface area (Å²) >= 11 is 1.74. The first kappa shape index (κ1) is 20.2. The van der Waals surface area contributed by atoms with Crippen molar-refractivity contribution in [1.29, 1.82) is 0 Å². The number of nitrogens with zero attached hydrogens (tertiary/aromatic N) is 2. The highest BCUT2D eigenvalue weighted by atomic mass is 32.1. The van der Waals surface area contributed by atoms with Gasteiger partial charge in [-0.2, -0.15) is 0 Å². The van der Waals surface area contributed by atoms with Crippen molar-refractivity contribution in [2.45, 2.75) is 46.0 Å². The van der Waals surface area contributed by atoms with Crippen molar-refractivity contribution in [1.82, 2.24) is 15.6 Å². The molecular formula is C20H30N4OS. The number of aromatic nitrogens is 1. The topological polar surface area (TPSA) is 62.5 Å². The lowest BCUT2D eigenvalue weighted by atomic mass is 9.98. The molecule has 0 saturated heterocycles. The van der Waals surface area contributed by atoms with Crippen molar-refractivity contribution in [3.8, 4) is 0 Å². The van der Waals surface area contributed by atoms with Gasteiger partial charge in [-0.1, -0.05) is 32.9 Å². The maximum Gasteiger partial charge on any atom is 0.191 e. The van der Waals surface area contributed by atoms with Crippen LogP contribution in [0.25, 0.3) is 0 Å². The lowest BCUT2D eigenvalue weighted by molar-refractivity contribution is 0.506. The molecule has 2 heterocycles. The van der Waals surface area contributed by atoms with Crippen LogP contribution in [0.4, 0.5) is 0 Å². The highest BCUT2D eigenvalue weighted by molar-refractivity contribution is 7.09. The molecule has 2 N–H and O–H groups in total. The van der Waals surface area contributed by atoms with Gasteiger partial charge in [0.25, 0.3) is 0 Å². The molecular weight excluding hydrogens is 344 g/mol. The second-order valence-electron chi connectivity index (χ2n) is 7.45. The van der Waals surface area contributed by atoms with Crippen LogP contribution >= 0.6 is 11.3 Å². The zero-order chi connectivity index (χ0) is 19.0. The van der Waals surface area contributed by atoms with Crippen LogP contribution in [-0.2, 0) is 18.3 Å². The summed E-state index contributed by atoms with van der Waals surface area (Å²) in [5.74, 6) is 1.76. The fourth-order valence-electron chi connectivity index (χ4n) is 2.22. The van der Waals surface area contributed by atoms with Crippen LogP contribution in [0.2, 0.25) is 0 Å². The Hall–Kier alpha value is -2.08. The Kier molecular flexibility index (Phi) is 7.45. The maximum absolute atomic E-state index is 5.36. The Morgan fingerprint density at radius 1 is 1.27 bits per heavy atom. The molecule has 0 radical (unpaired) electrons. The molecule has 2 rings (SSSR count). The Balaban J connectivity index is 1.82. The highest BCUT2D eigenvalue weighted by Gasteiger charge is 2.17. The number of guanidine groups is 1. The zero-order valence-corrected chi connectivity index (χ0v) is 17.1. The van der Waals surface area contributed by atoms with Crippen molar-refractivity contribution >= 4 is 17.3 Å². The summed E-state index contributed by atoms with van der Waals surface area (Å²) in [6.45, 7) is 14.6. The number of nitrogens with one attached hydrogen (secondary N) is 2. The summed E-state index contributed by atoms with van der Waals surface area (Å²) in [5, 5.41) is 10.1. The lowest BCUT2D eigenvalue weighted by Gasteiger charge is -2.14. The van der Waals surface area contributed by atoms with Crippen LogP contribution in [0.15, 0.2) is 45.3 Å². The third kappa shape index (κ3) is 7.04. The molecule has 2 aromatic rings. The largest absolute Gasteiger partial charge is 0.469 e. The Morgan fingerprint density at radius 3 is 2.58 bits per heavy atom. The van der Waals surface area contributed by atoms with Crippen LogP contribution in [0.1, 0.15) is 44.2 Å². The summed E-state index contributed by atoms with van der Waals surface area (Å²) in [4.78, 5) is 9.30. The standard InChI is InChI=1S/C20H30N4OS/c1-15(2)13-23-19(22-11-9-17-7-6-12-25-17)21-10-8-16-14-26-18(24-16)20(3,4)5/h6-7,12,14H,1,8-11,13H2,2-5H3,(H2,21,22,23). The van der Waals surface area contributed by atoms with E-state index in [-0.39, 0.29) is 5.41 Å². The molecule has 142 valence electrons. The number of thiazole rings is 1. The van der Waals surface area contributed by atoms with E-state index < -0.39 is 0 Å². The molecule has 6 heteroatoms. The molecule has 0 aliphatic rings. The van der Waals surface area contributed by atoms with Crippen LogP contribution in [0, 0.1) is 0 Å². The third-order valence-electron chi connectivity index (χ3n) is 3.62. The smallest absolute Gasteiger partial charge is 0.191 e. The predicted octanol–water partition coefficient (Wildman–Crippen LogP) is 3.93. The summed E-state index contributed by atoms with van der Waals surface area (Å²) < 4.78 is 5.36. The summed E-state index contributed by atoms with van der Waals surface area (Å²) in [7, 11) is 0. The predicted molar refractivity (Wildman–Crippen MR) is 110 cm³/mol. The average molecular weight is 375 g/mol. The minimum absolute atomic E-state index is 0.109. The van der Waals surface area contributed by atoms with E-state index in [4.69, 9.17) is 9.40 Å². The number of hydrogen-bond acceptors (Lipinski definition) is 4. The lowest BCUT2D eigenvalue weighted by Crippen LogP contribution is -2.39. The number of furan rings is 1. The van der Waals surface area contributed by atoms with Crippen molar-refractivity contribution in [2.75, 3.05) is 19.6 Å². The minimum Gasteiger partial charge on any atom is -0.469 e. The van der Waals surface area contributed by atoms with Gasteiger partial charge in [-0.3, -0.25) is 0 Å². The monoisotopic (exact) mass is 374 g/mol. The molecule has 0 atom stereocenters. The molecule has 0 saturated carbocycles. The van der Waals surface area contributed by atoms with E-state index in [2.05, 4.69) is 48.4 Å². The first-order chi connectivity index (χ1) is 12.3. The molecule has 0 unspecified atom stereocenters. The number of hydrogen-bond donors (Lipinski definition) is 2. The molecule has 0 aliphatic heterocycles. The average Bonchev–Trinajstić information content (AvgIpc) is 3.23. The Bertz CT molecular complexity index is 711. The quantitative estimate of drug-likeness (QED) is 0.417. The van der Waals surface area contributed by atoms with Crippen molar-refractivity contribution in [2.24, 2.45) is 4.99 Å².